The molecule has 0 aliphatic carbocycles. The summed E-state index contributed by atoms with van der Waals surface area (Å²) in [6, 6.07) is 10.3. The monoisotopic (exact) mass is 225 g/mol. The van der Waals surface area contributed by atoms with Gasteiger partial charge in [0.2, 0.25) is 0 Å². The van der Waals surface area contributed by atoms with Crippen molar-refractivity contribution in [2.45, 2.75) is 19.4 Å². The van der Waals surface area contributed by atoms with Crippen LogP contribution in [-0.4, -0.2) is 26.4 Å². The molecule has 1 rings (SSSR count). The highest BCUT2D eigenvalue weighted by atomic mass is 19.1. The van der Waals surface area contributed by atoms with Crippen molar-refractivity contribution in [1.82, 2.24) is 5.32 Å². The van der Waals surface area contributed by atoms with Gasteiger partial charge in [-0.25, -0.2) is 0 Å². The van der Waals surface area contributed by atoms with Crippen molar-refractivity contribution >= 4 is 0 Å². The third kappa shape index (κ3) is 6.53. The van der Waals surface area contributed by atoms with Gasteiger partial charge in [0.15, 0.2) is 0 Å². The minimum absolute atomic E-state index is 0.285. The van der Waals surface area contributed by atoms with Gasteiger partial charge in [-0.15, -0.1) is 0 Å². The fourth-order valence-electron chi connectivity index (χ4n) is 1.39. The summed E-state index contributed by atoms with van der Waals surface area (Å²) in [4.78, 5) is 0. The Morgan fingerprint density at radius 3 is 2.56 bits per heavy atom. The maximum Gasteiger partial charge on any atom is 0.0916 e. The first kappa shape index (κ1) is 13.1. The first-order valence-electron chi connectivity index (χ1n) is 5.82. The molecular weight excluding hydrogens is 205 g/mol. The van der Waals surface area contributed by atoms with Crippen LogP contribution in [0.1, 0.15) is 18.4 Å². The third-order valence-electron chi connectivity index (χ3n) is 2.24. The number of halogens is 1. The normalized spacial score (nSPS) is 10.6. The molecule has 0 amide bonds. The Labute approximate surface area is 96.8 Å². The first-order chi connectivity index (χ1) is 7.93. The molecule has 0 atom stereocenters. The number of rotatable bonds is 9. The van der Waals surface area contributed by atoms with Gasteiger partial charge >= 0.3 is 0 Å². The lowest BCUT2D eigenvalue weighted by Crippen LogP contribution is -2.16. The zero-order valence-electron chi connectivity index (χ0n) is 9.62. The molecule has 0 heterocycles. The van der Waals surface area contributed by atoms with E-state index in [1.165, 1.54) is 5.56 Å². The standard InChI is InChI=1S/C13H20FNO/c14-8-4-10-16-11-5-9-15-12-13-6-2-1-3-7-13/h1-3,6-7,15H,4-5,8-12H2. The van der Waals surface area contributed by atoms with E-state index in [0.717, 1.165) is 19.5 Å². The number of benzene rings is 1. The maximum absolute atomic E-state index is 11.7. The second-order valence-electron chi connectivity index (χ2n) is 3.67. The average Bonchev–Trinajstić information content (AvgIpc) is 2.34. The van der Waals surface area contributed by atoms with E-state index < -0.39 is 0 Å². The number of hydrogen-bond acceptors (Lipinski definition) is 2. The molecule has 0 aromatic heterocycles. The van der Waals surface area contributed by atoms with Gasteiger partial charge in [0.1, 0.15) is 0 Å². The lowest BCUT2D eigenvalue weighted by atomic mass is 10.2. The highest BCUT2D eigenvalue weighted by molar-refractivity contribution is 5.14. The van der Waals surface area contributed by atoms with E-state index in [-0.39, 0.29) is 6.67 Å². The van der Waals surface area contributed by atoms with Crippen LogP contribution in [0.4, 0.5) is 4.39 Å². The minimum Gasteiger partial charge on any atom is -0.381 e. The van der Waals surface area contributed by atoms with Gasteiger partial charge in [-0.2, -0.15) is 0 Å². The predicted molar refractivity (Wildman–Crippen MR) is 64.2 cm³/mol. The second-order valence-corrected chi connectivity index (χ2v) is 3.67. The molecule has 0 unspecified atom stereocenters. The van der Waals surface area contributed by atoms with Crippen LogP contribution in [-0.2, 0) is 11.3 Å². The molecule has 0 spiro atoms. The van der Waals surface area contributed by atoms with Crippen molar-refractivity contribution in [3.05, 3.63) is 35.9 Å². The van der Waals surface area contributed by atoms with Crippen LogP contribution in [0, 0.1) is 0 Å². The minimum atomic E-state index is -0.285. The quantitative estimate of drug-likeness (QED) is 0.652. The van der Waals surface area contributed by atoms with Crippen molar-refractivity contribution in [2.24, 2.45) is 0 Å². The first-order valence-corrected chi connectivity index (χ1v) is 5.82. The zero-order valence-corrected chi connectivity index (χ0v) is 9.62. The zero-order chi connectivity index (χ0) is 11.5. The Balaban J connectivity index is 1.89. The van der Waals surface area contributed by atoms with E-state index in [1.807, 2.05) is 18.2 Å². The molecule has 0 radical (unpaired) electrons. The molecule has 1 aromatic carbocycles. The van der Waals surface area contributed by atoms with E-state index in [0.29, 0.717) is 19.6 Å². The molecule has 1 aromatic rings. The van der Waals surface area contributed by atoms with Crippen LogP contribution in [0.5, 0.6) is 0 Å². The van der Waals surface area contributed by atoms with Crippen molar-refractivity contribution < 1.29 is 9.13 Å². The Morgan fingerprint density at radius 1 is 1.06 bits per heavy atom. The van der Waals surface area contributed by atoms with E-state index >= 15 is 0 Å². The van der Waals surface area contributed by atoms with Crippen LogP contribution >= 0.6 is 0 Å². The Morgan fingerprint density at radius 2 is 1.81 bits per heavy atom. The van der Waals surface area contributed by atoms with E-state index in [9.17, 15) is 4.39 Å². The molecular formula is C13H20FNO. The fourth-order valence-corrected chi connectivity index (χ4v) is 1.39. The molecule has 0 aliphatic heterocycles. The highest BCUT2D eigenvalue weighted by Crippen LogP contribution is 1.97. The number of alkyl halides is 1. The lowest BCUT2D eigenvalue weighted by molar-refractivity contribution is 0.124. The summed E-state index contributed by atoms with van der Waals surface area (Å²) in [6.07, 6.45) is 1.48. The summed E-state index contributed by atoms with van der Waals surface area (Å²) in [5.41, 5.74) is 1.29. The Kier molecular flexibility index (Phi) is 7.64. The van der Waals surface area contributed by atoms with Gasteiger partial charge < -0.3 is 10.1 Å². The summed E-state index contributed by atoms with van der Waals surface area (Å²) in [5, 5.41) is 3.34. The summed E-state index contributed by atoms with van der Waals surface area (Å²) >= 11 is 0. The Bertz CT molecular complexity index is 253. The fraction of sp³-hybridized carbons (Fsp3) is 0.538. The number of nitrogens with one attached hydrogen (secondary N) is 1. The molecule has 1 N–H and O–H groups in total. The van der Waals surface area contributed by atoms with E-state index in [1.54, 1.807) is 0 Å². The van der Waals surface area contributed by atoms with Gasteiger partial charge in [0, 0.05) is 19.8 Å². The third-order valence-corrected chi connectivity index (χ3v) is 2.24. The topological polar surface area (TPSA) is 21.3 Å². The molecule has 2 nitrogen and oxygen atoms in total. The average molecular weight is 225 g/mol. The SMILES string of the molecule is FCCCOCCCNCc1ccccc1. The van der Waals surface area contributed by atoms with Crippen LogP contribution in [0.3, 0.4) is 0 Å². The summed E-state index contributed by atoms with van der Waals surface area (Å²) in [5.74, 6) is 0. The van der Waals surface area contributed by atoms with Crippen LogP contribution < -0.4 is 5.32 Å². The molecule has 90 valence electrons. The molecule has 0 bridgehead atoms. The molecule has 0 saturated carbocycles. The largest absolute Gasteiger partial charge is 0.381 e. The van der Waals surface area contributed by atoms with Crippen molar-refractivity contribution in [3.8, 4) is 0 Å². The summed E-state index contributed by atoms with van der Waals surface area (Å²) < 4.78 is 17.0. The van der Waals surface area contributed by atoms with Crippen LogP contribution in [0.15, 0.2) is 30.3 Å². The summed E-state index contributed by atoms with van der Waals surface area (Å²) in [7, 11) is 0. The van der Waals surface area contributed by atoms with Gasteiger partial charge in [-0.05, 0) is 24.9 Å². The van der Waals surface area contributed by atoms with E-state index in [2.05, 4.69) is 17.4 Å². The molecule has 16 heavy (non-hydrogen) atoms. The second kappa shape index (κ2) is 9.31. The van der Waals surface area contributed by atoms with Crippen LogP contribution in [0.25, 0.3) is 0 Å². The molecule has 0 aliphatic rings. The predicted octanol–water partition coefficient (Wildman–Crippen LogP) is 2.54. The van der Waals surface area contributed by atoms with Gasteiger partial charge in [0.05, 0.1) is 6.67 Å². The van der Waals surface area contributed by atoms with Crippen molar-refractivity contribution in [1.29, 1.82) is 0 Å². The molecule has 3 heteroatoms. The van der Waals surface area contributed by atoms with Gasteiger partial charge in [-0.3, -0.25) is 4.39 Å². The molecule has 0 saturated heterocycles. The maximum atomic E-state index is 11.7. The van der Waals surface area contributed by atoms with Crippen molar-refractivity contribution in [3.63, 3.8) is 0 Å². The summed E-state index contributed by atoms with van der Waals surface area (Å²) in [6.45, 7) is 2.79. The number of hydrogen-bond donors (Lipinski definition) is 1. The van der Waals surface area contributed by atoms with E-state index in [4.69, 9.17) is 4.74 Å². The smallest absolute Gasteiger partial charge is 0.0916 e. The Hall–Kier alpha value is -0.930. The number of ether oxygens (including phenoxy) is 1. The van der Waals surface area contributed by atoms with Gasteiger partial charge in [0.25, 0.3) is 0 Å². The molecule has 0 fully saturated rings. The van der Waals surface area contributed by atoms with Crippen molar-refractivity contribution in [2.75, 3.05) is 26.4 Å². The van der Waals surface area contributed by atoms with Crippen LogP contribution in [0.2, 0.25) is 0 Å². The van der Waals surface area contributed by atoms with Gasteiger partial charge in [-0.1, -0.05) is 30.3 Å². The lowest BCUT2D eigenvalue weighted by Gasteiger charge is -2.05. The highest BCUT2D eigenvalue weighted by Gasteiger charge is 1.92.